The number of halogens is 2. The summed E-state index contributed by atoms with van der Waals surface area (Å²) < 4.78 is 0. The maximum Gasteiger partial charge on any atom is 0.288 e. The van der Waals surface area contributed by atoms with E-state index >= 15 is 0 Å². The summed E-state index contributed by atoms with van der Waals surface area (Å²) in [5.74, 6) is 0.521. The smallest absolute Gasteiger partial charge is 0.288 e. The molecular formula is C20H16Cl2N4O3. The highest BCUT2D eigenvalue weighted by Gasteiger charge is 2.22. The van der Waals surface area contributed by atoms with Gasteiger partial charge in [0.15, 0.2) is 0 Å². The third kappa shape index (κ3) is 4.17. The van der Waals surface area contributed by atoms with Gasteiger partial charge in [-0.25, -0.2) is 4.98 Å². The third-order valence-corrected chi connectivity index (χ3v) is 5.45. The van der Waals surface area contributed by atoms with Gasteiger partial charge in [-0.15, -0.1) is 0 Å². The third-order valence-electron chi connectivity index (χ3n) is 4.88. The SMILES string of the molecule is O=c1[nH]c(-c2ccc(Cl)cc2)nc2c1CN(Cc1ccc(Cl)c([N+](=O)[O-])c1)CC2. The molecule has 3 aromatic rings. The maximum absolute atomic E-state index is 12.7. The molecule has 2 aromatic carbocycles. The van der Waals surface area contributed by atoms with E-state index in [9.17, 15) is 14.9 Å². The molecule has 0 spiro atoms. The zero-order valence-electron chi connectivity index (χ0n) is 15.2. The van der Waals surface area contributed by atoms with Gasteiger partial charge in [-0.05, 0) is 35.9 Å². The van der Waals surface area contributed by atoms with Crippen LogP contribution in [-0.2, 0) is 19.5 Å². The van der Waals surface area contributed by atoms with Crippen molar-refractivity contribution in [3.8, 4) is 11.4 Å². The Hall–Kier alpha value is -2.74. The number of nitrogens with one attached hydrogen (secondary N) is 1. The summed E-state index contributed by atoms with van der Waals surface area (Å²) in [6.07, 6.45) is 0.621. The first-order valence-electron chi connectivity index (χ1n) is 8.94. The molecule has 0 bridgehead atoms. The fourth-order valence-electron chi connectivity index (χ4n) is 3.42. The van der Waals surface area contributed by atoms with Crippen molar-refractivity contribution in [2.45, 2.75) is 19.5 Å². The molecule has 29 heavy (non-hydrogen) atoms. The summed E-state index contributed by atoms with van der Waals surface area (Å²) >= 11 is 11.8. The number of nitro groups is 1. The van der Waals surface area contributed by atoms with Crippen molar-refractivity contribution in [3.63, 3.8) is 0 Å². The lowest BCUT2D eigenvalue weighted by Crippen LogP contribution is -2.35. The van der Waals surface area contributed by atoms with E-state index in [0.717, 1.165) is 16.8 Å². The number of rotatable bonds is 4. The Morgan fingerprint density at radius 1 is 1.17 bits per heavy atom. The monoisotopic (exact) mass is 430 g/mol. The van der Waals surface area contributed by atoms with Gasteiger partial charge in [-0.1, -0.05) is 29.3 Å². The van der Waals surface area contributed by atoms with E-state index in [1.165, 1.54) is 12.1 Å². The van der Waals surface area contributed by atoms with E-state index in [2.05, 4.69) is 14.9 Å². The van der Waals surface area contributed by atoms with E-state index in [1.807, 2.05) is 12.1 Å². The highest BCUT2D eigenvalue weighted by Crippen LogP contribution is 2.27. The van der Waals surface area contributed by atoms with Crippen LogP contribution < -0.4 is 5.56 Å². The van der Waals surface area contributed by atoms with E-state index in [1.54, 1.807) is 18.2 Å². The van der Waals surface area contributed by atoms with Gasteiger partial charge in [0.25, 0.3) is 11.2 Å². The predicted octanol–water partition coefficient (Wildman–Crippen LogP) is 4.21. The molecule has 148 valence electrons. The van der Waals surface area contributed by atoms with Crippen molar-refractivity contribution in [1.29, 1.82) is 0 Å². The van der Waals surface area contributed by atoms with Gasteiger partial charge in [-0.3, -0.25) is 19.8 Å². The van der Waals surface area contributed by atoms with Gasteiger partial charge < -0.3 is 4.98 Å². The lowest BCUT2D eigenvalue weighted by molar-refractivity contribution is -0.384. The second kappa shape index (κ2) is 7.94. The van der Waals surface area contributed by atoms with Crippen LogP contribution in [0.2, 0.25) is 10.0 Å². The minimum atomic E-state index is -0.496. The van der Waals surface area contributed by atoms with Crippen LogP contribution in [0.4, 0.5) is 5.69 Å². The summed E-state index contributed by atoms with van der Waals surface area (Å²) in [6.45, 7) is 1.60. The van der Waals surface area contributed by atoms with Crippen LogP contribution in [0.5, 0.6) is 0 Å². The second-order valence-corrected chi connectivity index (χ2v) is 7.69. The van der Waals surface area contributed by atoms with Gasteiger partial charge in [0.2, 0.25) is 0 Å². The van der Waals surface area contributed by atoms with E-state index in [4.69, 9.17) is 23.2 Å². The molecule has 0 aliphatic carbocycles. The fraction of sp³-hybridized carbons (Fsp3) is 0.200. The van der Waals surface area contributed by atoms with Crippen LogP contribution in [0.3, 0.4) is 0 Å². The van der Waals surface area contributed by atoms with Gasteiger partial charge >= 0.3 is 0 Å². The molecule has 1 aliphatic heterocycles. The number of benzene rings is 2. The number of nitro benzene ring substituents is 1. The molecule has 9 heteroatoms. The minimum Gasteiger partial charge on any atom is -0.306 e. The van der Waals surface area contributed by atoms with Crippen molar-refractivity contribution in [3.05, 3.63) is 89.8 Å². The number of nitrogens with zero attached hydrogens (tertiary/aromatic N) is 3. The van der Waals surface area contributed by atoms with Crippen LogP contribution in [0, 0.1) is 10.1 Å². The van der Waals surface area contributed by atoms with E-state index in [-0.39, 0.29) is 16.3 Å². The molecule has 4 rings (SSSR count). The minimum absolute atomic E-state index is 0.109. The molecule has 7 nitrogen and oxygen atoms in total. The Labute approximate surface area is 176 Å². The number of fused-ring (bicyclic) bond motifs is 1. The molecule has 0 amide bonds. The molecule has 0 atom stereocenters. The topological polar surface area (TPSA) is 92.1 Å². The molecule has 0 radical (unpaired) electrons. The summed E-state index contributed by atoms with van der Waals surface area (Å²) in [4.78, 5) is 32.8. The largest absolute Gasteiger partial charge is 0.306 e. The Bertz CT molecular complexity index is 1150. The van der Waals surface area contributed by atoms with Gasteiger partial charge in [-0.2, -0.15) is 0 Å². The molecule has 1 aromatic heterocycles. The summed E-state index contributed by atoms with van der Waals surface area (Å²) in [7, 11) is 0. The van der Waals surface area contributed by atoms with Gasteiger partial charge in [0, 0.05) is 42.7 Å². The molecule has 1 aliphatic rings. The first kappa shape index (κ1) is 19.6. The summed E-state index contributed by atoms with van der Waals surface area (Å²) in [6, 6.07) is 11.9. The quantitative estimate of drug-likeness (QED) is 0.494. The number of H-pyrrole nitrogens is 1. The molecular weight excluding hydrogens is 415 g/mol. The van der Waals surface area contributed by atoms with Crippen LogP contribution >= 0.6 is 23.2 Å². The van der Waals surface area contributed by atoms with Gasteiger partial charge in [0.05, 0.1) is 16.2 Å². The number of hydrogen-bond acceptors (Lipinski definition) is 5. The lowest BCUT2D eigenvalue weighted by Gasteiger charge is -2.27. The normalized spacial score (nSPS) is 13.9. The second-order valence-electron chi connectivity index (χ2n) is 6.85. The Kier molecular flexibility index (Phi) is 5.36. The zero-order valence-corrected chi connectivity index (χ0v) is 16.7. The number of hydrogen-bond donors (Lipinski definition) is 1. The summed E-state index contributed by atoms with van der Waals surface area (Å²) in [5, 5.41) is 11.8. The highest BCUT2D eigenvalue weighted by atomic mass is 35.5. The first-order chi connectivity index (χ1) is 13.9. The Morgan fingerprint density at radius 2 is 1.93 bits per heavy atom. The zero-order chi connectivity index (χ0) is 20.5. The Balaban J connectivity index is 1.56. The average Bonchev–Trinajstić information content (AvgIpc) is 2.70. The summed E-state index contributed by atoms with van der Waals surface area (Å²) in [5.41, 5.74) is 2.67. The molecule has 2 heterocycles. The van der Waals surface area contributed by atoms with Crippen LogP contribution in [-0.4, -0.2) is 26.3 Å². The predicted molar refractivity (Wildman–Crippen MR) is 111 cm³/mol. The molecule has 0 fully saturated rings. The van der Waals surface area contributed by atoms with Crippen molar-refractivity contribution < 1.29 is 4.92 Å². The first-order valence-corrected chi connectivity index (χ1v) is 9.69. The number of aromatic amines is 1. The van der Waals surface area contributed by atoms with E-state index < -0.39 is 4.92 Å². The van der Waals surface area contributed by atoms with Crippen molar-refractivity contribution in [1.82, 2.24) is 14.9 Å². The molecule has 0 unspecified atom stereocenters. The standard InChI is InChI=1S/C20H16Cl2N4O3/c21-14-4-2-13(3-5-14)19-23-17-7-8-25(11-15(17)20(27)24-19)10-12-1-6-16(22)18(9-12)26(28)29/h1-6,9H,7-8,10-11H2,(H,23,24,27). The van der Waals surface area contributed by atoms with Crippen LogP contribution in [0.1, 0.15) is 16.8 Å². The Morgan fingerprint density at radius 3 is 2.66 bits per heavy atom. The maximum atomic E-state index is 12.7. The highest BCUT2D eigenvalue weighted by molar-refractivity contribution is 6.32. The molecule has 0 saturated heterocycles. The lowest BCUT2D eigenvalue weighted by atomic mass is 10.1. The van der Waals surface area contributed by atoms with Gasteiger partial charge in [0.1, 0.15) is 10.8 Å². The molecule has 1 N–H and O–H groups in total. The van der Waals surface area contributed by atoms with Crippen molar-refractivity contribution >= 4 is 28.9 Å². The van der Waals surface area contributed by atoms with Crippen LogP contribution in [0.15, 0.2) is 47.3 Å². The van der Waals surface area contributed by atoms with Crippen molar-refractivity contribution in [2.24, 2.45) is 0 Å². The molecule has 0 saturated carbocycles. The average molecular weight is 431 g/mol. The van der Waals surface area contributed by atoms with Crippen molar-refractivity contribution in [2.75, 3.05) is 6.54 Å². The fourth-order valence-corrected chi connectivity index (χ4v) is 3.73. The van der Waals surface area contributed by atoms with E-state index in [0.29, 0.717) is 42.5 Å². The van der Waals surface area contributed by atoms with Crippen LogP contribution in [0.25, 0.3) is 11.4 Å². The number of aromatic nitrogens is 2.